The summed E-state index contributed by atoms with van der Waals surface area (Å²) in [6.45, 7) is 0.580. The van der Waals surface area contributed by atoms with Crippen LogP contribution >= 0.6 is 0 Å². The van der Waals surface area contributed by atoms with E-state index in [1.807, 2.05) is 30.3 Å². The molecule has 0 saturated carbocycles. The fourth-order valence-corrected chi connectivity index (χ4v) is 3.23. The number of benzene rings is 2. The molecule has 2 aromatic carbocycles. The van der Waals surface area contributed by atoms with Gasteiger partial charge in [-0.05, 0) is 36.6 Å². The number of nitrogens with zero attached hydrogens (tertiary/aromatic N) is 1. The number of nitrogens with two attached hydrogens (primary N) is 1. The second kappa shape index (κ2) is 7.91. The molecule has 1 atom stereocenters. The molecule has 1 aliphatic heterocycles. The molecule has 1 fully saturated rings. The van der Waals surface area contributed by atoms with Crippen molar-refractivity contribution in [1.29, 1.82) is 0 Å². The van der Waals surface area contributed by atoms with E-state index in [-0.39, 0.29) is 11.8 Å². The minimum Gasteiger partial charge on any atom is -0.495 e. The molecular formula is C20H23N3O3. The summed E-state index contributed by atoms with van der Waals surface area (Å²) in [7, 11) is 1.54. The summed E-state index contributed by atoms with van der Waals surface area (Å²) in [5.41, 5.74) is 7.72. The third-order valence-corrected chi connectivity index (χ3v) is 4.53. The molecule has 3 N–H and O–H groups in total. The lowest BCUT2D eigenvalue weighted by Crippen LogP contribution is -2.43. The zero-order valence-corrected chi connectivity index (χ0v) is 14.8. The number of nitrogens with one attached hydrogen (secondary N) is 1. The molecule has 0 bridgehead atoms. The highest BCUT2D eigenvalue weighted by Crippen LogP contribution is 2.29. The first-order valence-electron chi connectivity index (χ1n) is 8.69. The summed E-state index contributed by atoms with van der Waals surface area (Å²) in [5.74, 6) is 0.305. The Morgan fingerprint density at radius 1 is 1.19 bits per heavy atom. The van der Waals surface area contributed by atoms with Crippen LogP contribution in [0.3, 0.4) is 0 Å². The van der Waals surface area contributed by atoms with Crippen molar-refractivity contribution in [3.63, 3.8) is 0 Å². The lowest BCUT2D eigenvalue weighted by atomic mass is 10.0. The summed E-state index contributed by atoms with van der Waals surface area (Å²) in [4.78, 5) is 27.1. The predicted molar refractivity (Wildman–Crippen MR) is 101 cm³/mol. The molecule has 1 heterocycles. The highest BCUT2D eigenvalue weighted by Gasteiger charge is 2.32. The fourth-order valence-electron chi connectivity index (χ4n) is 3.23. The van der Waals surface area contributed by atoms with Gasteiger partial charge >= 0.3 is 0 Å². The zero-order chi connectivity index (χ0) is 18.5. The third-order valence-electron chi connectivity index (χ3n) is 4.53. The van der Waals surface area contributed by atoms with Gasteiger partial charge in [-0.1, -0.05) is 30.3 Å². The molecule has 0 aromatic heterocycles. The number of nitrogen functional groups attached to an aromatic ring is 1. The van der Waals surface area contributed by atoms with Crippen LogP contribution in [0.2, 0.25) is 0 Å². The first-order chi connectivity index (χ1) is 12.6. The minimum atomic E-state index is -0.660. The SMILES string of the molecule is COc1ccc(NC(=O)C(c2ccccc2)N2CCCCC2=O)cc1N. The van der Waals surface area contributed by atoms with Crippen molar-refractivity contribution in [2.75, 3.05) is 24.7 Å². The monoisotopic (exact) mass is 353 g/mol. The Labute approximate surface area is 152 Å². The van der Waals surface area contributed by atoms with E-state index in [0.717, 1.165) is 18.4 Å². The standard InChI is InChI=1S/C20H23N3O3/c1-26-17-11-10-15(13-16(17)21)22-20(25)19(14-7-3-2-4-8-14)23-12-6-5-9-18(23)24/h2-4,7-8,10-11,13,19H,5-6,9,12,21H2,1H3,(H,22,25). The topological polar surface area (TPSA) is 84.7 Å². The van der Waals surface area contributed by atoms with Gasteiger partial charge in [0.2, 0.25) is 5.91 Å². The Balaban J connectivity index is 1.87. The summed E-state index contributed by atoms with van der Waals surface area (Å²) >= 11 is 0. The zero-order valence-electron chi connectivity index (χ0n) is 14.8. The van der Waals surface area contributed by atoms with Crippen molar-refractivity contribution in [3.8, 4) is 5.75 Å². The van der Waals surface area contributed by atoms with E-state index >= 15 is 0 Å². The summed E-state index contributed by atoms with van der Waals surface area (Å²) in [6, 6.07) is 13.8. The molecule has 0 spiro atoms. The fraction of sp³-hybridized carbons (Fsp3) is 0.300. The Morgan fingerprint density at radius 3 is 2.62 bits per heavy atom. The molecular weight excluding hydrogens is 330 g/mol. The summed E-state index contributed by atoms with van der Waals surface area (Å²) < 4.78 is 5.14. The molecule has 0 radical (unpaired) electrons. The number of amides is 2. The molecule has 26 heavy (non-hydrogen) atoms. The van der Waals surface area contributed by atoms with Crippen molar-refractivity contribution in [1.82, 2.24) is 4.90 Å². The van der Waals surface area contributed by atoms with Crippen LogP contribution in [0.1, 0.15) is 30.9 Å². The van der Waals surface area contributed by atoms with E-state index in [1.165, 1.54) is 7.11 Å². The van der Waals surface area contributed by atoms with E-state index in [2.05, 4.69) is 5.32 Å². The average Bonchev–Trinajstić information content (AvgIpc) is 2.65. The predicted octanol–water partition coefficient (Wildman–Crippen LogP) is 2.97. The van der Waals surface area contributed by atoms with Gasteiger partial charge in [0.25, 0.3) is 5.91 Å². The van der Waals surface area contributed by atoms with E-state index in [9.17, 15) is 9.59 Å². The smallest absolute Gasteiger partial charge is 0.251 e. The van der Waals surface area contributed by atoms with Gasteiger partial charge in [0.1, 0.15) is 11.8 Å². The molecule has 2 amide bonds. The molecule has 1 unspecified atom stereocenters. The van der Waals surface area contributed by atoms with Crippen LogP contribution in [0.5, 0.6) is 5.75 Å². The van der Waals surface area contributed by atoms with Crippen LogP contribution < -0.4 is 15.8 Å². The molecule has 6 nitrogen and oxygen atoms in total. The molecule has 3 rings (SSSR count). The second-order valence-corrected chi connectivity index (χ2v) is 6.30. The number of carbonyl (C=O) groups is 2. The lowest BCUT2D eigenvalue weighted by Gasteiger charge is -2.34. The quantitative estimate of drug-likeness (QED) is 0.810. The Kier molecular flexibility index (Phi) is 5.41. The summed E-state index contributed by atoms with van der Waals surface area (Å²) in [5, 5.41) is 2.88. The molecule has 136 valence electrons. The van der Waals surface area contributed by atoms with E-state index in [1.54, 1.807) is 23.1 Å². The number of rotatable bonds is 5. The van der Waals surface area contributed by atoms with Crippen LogP contribution in [0.4, 0.5) is 11.4 Å². The number of ether oxygens (including phenoxy) is 1. The Hall–Kier alpha value is -3.02. The highest BCUT2D eigenvalue weighted by molar-refractivity contribution is 5.98. The molecule has 1 aliphatic rings. The molecule has 0 aliphatic carbocycles. The second-order valence-electron chi connectivity index (χ2n) is 6.30. The number of hydrogen-bond donors (Lipinski definition) is 2. The number of likely N-dealkylation sites (tertiary alicyclic amines) is 1. The van der Waals surface area contributed by atoms with Gasteiger partial charge < -0.3 is 20.7 Å². The van der Waals surface area contributed by atoms with Gasteiger partial charge in [-0.2, -0.15) is 0 Å². The van der Waals surface area contributed by atoms with Crippen molar-refractivity contribution in [3.05, 3.63) is 54.1 Å². The summed E-state index contributed by atoms with van der Waals surface area (Å²) in [6.07, 6.45) is 2.25. The van der Waals surface area contributed by atoms with Crippen molar-refractivity contribution < 1.29 is 14.3 Å². The first-order valence-corrected chi connectivity index (χ1v) is 8.69. The van der Waals surface area contributed by atoms with E-state index in [4.69, 9.17) is 10.5 Å². The maximum atomic E-state index is 13.0. The number of hydrogen-bond acceptors (Lipinski definition) is 4. The van der Waals surface area contributed by atoms with Gasteiger partial charge in [-0.25, -0.2) is 0 Å². The van der Waals surface area contributed by atoms with Crippen LogP contribution in [0, 0.1) is 0 Å². The largest absolute Gasteiger partial charge is 0.495 e. The van der Waals surface area contributed by atoms with Gasteiger partial charge in [0.15, 0.2) is 0 Å². The van der Waals surface area contributed by atoms with Crippen LogP contribution in [0.25, 0.3) is 0 Å². The van der Waals surface area contributed by atoms with Gasteiger partial charge in [-0.3, -0.25) is 9.59 Å². The van der Waals surface area contributed by atoms with Gasteiger partial charge in [-0.15, -0.1) is 0 Å². The molecule has 6 heteroatoms. The van der Waals surface area contributed by atoms with E-state index in [0.29, 0.717) is 30.1 Å². The molecule has 2 aromatic rings. The minimum absolute atomic E-state index is 0.00879. The number of anilines is 2. The first kappa shape index (κ1) is 17.8. The molecule has 1 saturated heterocycles. The maximum absolute atomic E-state index is 13.0. The van der Waals surface area contributed by atoms with Gasteiger partial charge in [0.05, 0.1) is 12.8 Å². The Morgan fingerprint density at radius 2 is 1.96 bits per heavy atom. The van der Waals surface area contributed by atoms with Crippen LogP contribution in [-0.4, -0.2) is 30.4 Å². The van der Waals surface area contributed by atoms with Crippen molar-refractivity contribution >= 4 is 23.2 Å². The lowest BCUT2D eigenvalue weighted by molar-refractivity contribution is -0.141. The average molecular weight is 353 g/mol. The number of carbonyl (C=O) groups excluding carboxylic acids is 2. The van der Waals surface area contributed by atoms with Crippen LogP contribution in [0.15, 0.2) is 48.5 Å². The van der Waals surface area contributed by atoms with Gasteiger partial charge in [0, 0.05) is 18.7 Å². The van der Waals surface area contributed by atoms with Crippen LogP contribution in [-0.2, 0) is 9.59 Å². The number of methoxy groups -OCH3 is 1. The third kappa shape index (κ3) is 3.79. The van der Waals surface area contributed by atoms with Crippen molar-refractivity contribution in [2.45, 2.75) is 25.3 Å². The maximum Gasteiger partial charge on any atom is 0.251 e. The Bertz CT molecular complexity index is 792. The van der Waals surface area contributed by atoms with Crippen molar-refractivity contribution in [2.24, 2.45) is 0 Å². The number of piperidine rings is 1. The highest BCUT2D eigenvalue weighted by atomic mass is 16.5. The normalized spacial score (nSPS) is 15.4. The van der Waals surface area contributed by atoms with E-state index < -0.39 is 6.04 Å².